The lowest BCUT2D eigenvalue weighted by atomic mass is 10.2. The van der Waals surface area contributed by atoms with Crippen molar-refractivity contribution >= 4 is 17.9 Å². The van der Waals surface area contributed by atoms with Crippen LogP contribution in [-0.4, -0.2) is 58.8 Å². The van der Waals surface area contributed by atoms with Gasteiger partial charge in [0.15, 0.2) is 0 Å². The molecule has 0 aromatic rings. The second-order valence-corrected chi connectivity index (χ2v) is 3.31. The molecule has 0 unspecified atom stereocenters. The number of hydrogen-bond donors (Lipinski definition) is 4. The van der Waals surface area contributed by atoms with E-state index in [0.717, 1.165) is 0 Å². The van der Waals surface area contributed by atoms with E-state index >= 15 is 0 Å². The van der Waals surface area contributed by atoms with Crippen molar-refractivity contribution in [3.8, 4) is 0 Å². The average molecular weight is 247 g/mol. The molecule has 0 aromatic carbocycles. The van der Waals surface area contributed by atoms with E-state index in [9.17, 15) is 14.4 Å². The fourth-order valence-corrected chi connectivity index (χ4v) is 1.17. The molecule has 0 aliphatic heterocycles. The molecule has 0 spiro atoms. The molecule has 1 atom stereocenters. The first-order chi connectivity index (χ1) is 7.92. The van der Waals surface area contributed by atoms with E-state index in [-0.39, 0.29) is 13.2 Å². The highest BCUT2D eigenvalue weighted by Gasteiger charge is 2.24. The van der Waals surface area contributed by atoms with E-state index < -0.39 is 30.4 Å². The first kappa shape index (κ1) is 15.2. The summed E-state index contributed by atoms with van der Waals surface area (Å²) in [6, 6.07) is -2.01. The van der Waals surface area contributed by atoms with E-state index in [1.165, 1.54) is 4.90 Å². The van der Waals surface area contributed by atoms with Gasteiger partial charge in [-0.1, -0.05) is 0 Å². The number of aliphatic carboxylic acids is 1. The molecule has 8 nitrogen and oxygen atoms in total. The van der Waals surface area contributed by atoms with Gasteiger partial charge in [-0.3, -0.25) is 4.79 Å². The molecule has 98 valence electrons. The number of aliphatic hydroxyl groups is 1. The summed E-state index contributed by atoms with van der Waals surface area (Å²) in [5.41, 5.74) is 4.87. The van der Waals surface area contributed by atoms with Gasteiger partial charge in [-0.15, -0.1) is 0 Å². The molecule has 0 aliphatic rings. The third-order valence-electron chi connectivity index (χ3n) is 2.04. The Balaban J connectivity index is 4.47. The zero-order chi connectivity index (χ0) is 13.4. The number of nitrogens with one attached hydrogen (secondary N) is 1. The highest BCUT2D eigenvalue weighted by atomic mass is 16.4. The number of rotatable bonds is 7. The standard InChI is InChI=1S/C9H17N3O5/c1-2-12(3-4-13)9(17)11-6(8(15)16)5-7(10)14/h6,13H,2-5H2,1H3,(H2,10,14)(H,11,17)(H,15,16)/t6-/m1/s1. The minimum absolute atomic E-state index is 0.0885. The Kier molecular flexibility index (Phi) is 6.64. The van der Waals surface area contributed by atoms with Crippen LogP contribution < -0.4 is 11.1 Å². The van der Waals surface area contributed by atoms with Crippen LogP contribution in [0.15, 0.2) is 0 Å². The zero-order valence-corrected chi connectivity index (χ0v) is 9.55. The third-order valence-corrected chi connectivity index (χ3v) is 2.04. The monoisotopic (exact) mass is 247 g/mol. The van der Waals surface area contributed by atoms with Crippen LogP contribution in [0.4, 0.5) is 4.79 Å². The van der Waals surface area contributed by atoms with Crippen molar-refractivity contribution in [2.75, 3.05) is 19.7 Å². The van der Waals surface area contributed by atoms with E-state index in [2.05, 4.69) is 5.32 Å². The Morgan fingerprint density at radius 3 is 2.35 bits per heavy atom. The lowest BCUT2D eigenvalue weighted by Crippen LogP contribution is -2.49. The maximum Gasteiger partial charge on any atom is 0.326 e. The number of likely N-dealkylation sites (N-methyl/N-ethyl adjacent to an activating group) is 1. The van der Waals surface area contributed by atoms with Gasteiger partial charge < -0.3 is 26.2 Å². The maximum absolute atomic E-state index is 11.5. The summed E-state index contributed by atoms with van der Waals surface area (Å²) in [6.07, 6.45) is -0.474. The van der Waals surface area contributed by atoms with Gasteiger partial charge in [0.2, 0.25) is 5.91 Å². The van der Waals surface area contributed by atoms with Gasteiger partial charge in [-0.25, -0.2) is 9.59 Å². The molecule has 0 aromatic heterocycles. The number of nitrogens with two attached hydrogens (primary N) is 1. The Hall–Kier alpha value is -1.83. The summed E-state index contributed by atoms with van der Waals surface area (Å²) in [5, 5.41) is 19.6. The predicted molar refractivity (Wildman–Crippen MR) is 58.1 cm³/mol. The summed E-state index contributed by atoms with van der Waals surface area (Å²) < 4.78 is 0. The quantitative estimate of drug-likeness (QED) is 0.427. The topological polar surface area (TPSA) is 133 Å². The van der Waals surface area contributed by atoms with E-state index in [4.69, 9.17) is 15.9 Å². The molecule has 0 bridgehead atoms. The van der Waals surface area contributed by atoms with Crippen LogP contribution in [0.5, 0.6) is 0 Å². The van der Waals surface area contributed by atoms with Crippen LogP contribution in [0.25, 0.3) is 0 Å². The Morgan fingerprint density at radius 2 is 2.00 bits per heavy atom. The van der Waals surface area contributed by atoms with E-state index in [1.54, 1.807) is 6.92 Å². The number of carboxylic acid groups (broad SMARTS) is 1. The number of urea groups is 1. The number of hydrogen-bond acceptors (Lipinski definition) is 4. The first-order valence-corrected chi connectivity index (χ1v) is 5.09. The molecule has 0 rings (SSSR count). The molecule has 0 saturated carbocycles. The van der Waals surface area contributed by atoms with Crippen molar-refractivity contribution in [2.24, 2.45) is 5.73 Å². The largest absolute Gasteiger partial charge is 0.480 e. The second kappa shape index (κ2) is 7.44. The van der Waals surface area contributed by atoms with Gasteiger partial charge in [0.1, 0.15) is 6.04 Å². The Labute approximate surface area is 98.4 Å². The summed E-state index contributed by atoms with van der Waals surface area (Å²) in [7, 11) is 0. The highest BCUT2D eigenvalue weighted by molar-refractivity contribution is 5.87. The molecule has 3 amide bonds. The minimum atomic E-state index is -1.35. The van der Waals surface area contributed by atoms with Crippen molar-refractivity contribution in [3.63, 3.8) is 0 Å². The van der Waals surface area contributed by atoms with Gasteiger partial charge in [0, 0.05) is 13.1 Å². The van der Waals surface area contributed by atoms with Crippen LogP contribution in [0.3, 0.4) is 0 Å². The molecule has 0 fully saturated rings. The fourth-order valence-electron chi connectivity index (χ4n) is 1.17. The minimum Gasteiger partial charge on any atom is -0.480 e. The Bertz CT molecular complexity index is 294. The van der Waals surface area contributed by atoms with Gasteiger partial charge >= 0.3 is 12.0 Å². The summed E-state index contributed by atoms with van der Waals surface area (Å²) in [4.78, 5) is 34.1. The predicted octanol–water partition coefficient (Wildman–Crippen LogP) is -1.66. The number of amides is 3. The molecular weight excluding hydrogens is 230 g/mol. The van der Waals surface area contributed by atoms with Crippen molar-refractivity contribution in [1.29, 1.82) is 0 Å². The summed E-state index contributed by atoms with van der Waals surface area (Å²) in [5.74, 6) is -2.15. The van der Waals surface area contributed by atoms with Crippen LogP contribution in [0.1, 0.15) is 13.3 Å². The van der Waals surface area contributed by atoms with Crippen molar-refractivity contribution in [1.82, 2.24) is 10.2 Å². The number of carbonyl (C=O) groups is 3. The SMILES string of the molecule is CCN(CCO)C(=O)N[C@H](CC(N)=O)C(=O)O. The fraction of sp³-hybridized carbons (Fsp3) is 0.667. The van der Waals surface area contributed by atoms with Crippen LogP contribution in [-0.2, 0) is 9.59 Å². The molecule has 0 heterocycles. The molecule has 0 aliphatic carbocycles. The third kappa shape index (κ3) is 5.71. The van der Waals surface area contributed by atoms with Crippen LogP contribution >= 0.6 is 0 Å². The highest BCUT2D eigenvalue weighted by Crippen LogP contribution is 1.95. The second-order valence-electron chi connectivity index (χ2n) is 3.31. The Morgan fingerprint density at radius 1 is 1.41 bits per heavy atom. The molecule has 0 radical (unpaired) electrons. The number of carbonyl (C=O) groups excluding carboxylic acids is 2. The number of aliphatic hydroxyl groups excluding tert-OH is 1. The number of primary amides is 1. The summed E-state index contributed by atoms with van der Waals surface area (Å²) >= 11 is 0. The van der Waals surface area contributed by atoms with Gasteiger partial charge in [-0.05, 0) is 6.92 Å². The zero-order valence-electron chi connectivity index (χ0n) is 9.55. The molecular formula is C9H17N3O5. The molecule has 17 heavy (non-hydrogen) atoms. The van der Waals surface area contributed by atoms with Crippen molar-refractivity contribution < 1.29 is 24.6 Å². The lowest BCUT2D eigenvalue weighted by Gasteiger charge is -2.22. The maximum atomic E-state index is 11.5. The molecule has 0 saturated heterocycles. The van der Waals surface area contributed by atoms with Crippen molar-refractivity contribution in [2.45, 2.75) is 19.4 Å². The van der Waals surface area contributed by atoms with Crippen LogP contribution in [0, 0.1) is 0 Å². The van der Waals surface area contributed by atoms with E-state index in [1.807, 2.05) is 0 Å². The van der Waals surface area contributed by atoms with E-state index in [0.29, 0.717) is 6.54 Å². The molecule has 8 heteroatoms. The number of nitrogens with zero attached hydrogens (tertiary/aromatic N) is 1. The van der Waals surface area contributed by atoms with Crippen LogP contribution in [0.2, 0.25) is 0 Å². The van der Waals surface area contributed by atoms with Crippen molar-refractivity contribution in [3.05, 3.63) is 0 Å². The smallest absolute Gasteiger partial charge is 0.326 e. The summed E-state index contributed by atoms with van der Waals surface area (Å²) in [6.45, 7) is 1.86. The normalized spacial score (nSPS) is 11.6. The van der Waals surface area contributed by atoms with Gasteiger partial charge in [-0.2, -0.15) is 0 Å². The lowest BCUT2D eigenvalue weighted by molar-refractivity contribution is -0.140. The van der Waals surface area contributed by atoms with Gasteiger partial charge in [0.25, 0.3) is 0 Å². The molecule has 5 N–H and O–H groups in total. The van der Waals surface area contributed by atoms with Gasteiger partial charge in [0.05, 0.1) is 13.0 Å². The number of carboxylic acids is 1. The first-order valence-electron chi connectivity index (χ1n) is 5.09. The average Bonchev–Trinajstić information content (AvgIpc) is 2.23.